The van der Waals surface area contributed by atoms with Gasteiger partial charge in [0.25, 0.3) is 0 Å². The van der Waals surface area contributed by atoms with Gasteiger partial charge in [0, 0.05) is 48.6 Å². The van der Waals surface area contributed by atoms with E-state index in [-0.39, 0.29) is 6.04 Å². The quantitative estimate of drug-likeness (QED) is 0.943. The number of aromatic nitrogens is 1. The standard InChI is InChI=1S/C17H23N3S/c1-12(2)17-19-8-14(21-17)9-20-10-15(16(18)11-20)13-6-4-3-5-7-13/h3-8,12,15-16H,9-11,18H2,1-2H3/t15-,16+/m0/s1. The van der Waals surface area contributed by atoms with E-state index < -0.39 is 0 Å². The van der Waals surface area contributed by atoms with Crippen molar-refractivity contribution in [2.45, 2.75) is 38.3 Å². The Balaban J connectivity index is 1.65. The van der Waals surface area contributed by atoms with Crippen LogP contribution in [0.1, 0.15) is 41.1 Å². The number of nitrogens with zero attached hydrogens (tertiary/aromatic N) is 2. The molecular formula is C17H23N3S. The molecule has 0 aliphatic carbocycles. The van der Waals surface area contributed by atoms with Crippen molar-refractivity contribution in [3.63, 3.8) is 0 Å². The summed E-state index contributed by atoms with van der Waals surface area (Å²) in [6.45, 7) is 7.37. The van der Waals surface area contributed by atoms with Gasteiger partial charge in [0.05, 0.1) is 5.01 Å². The second-order valence-electron chi connectivity index (χ2n) is 6.19. The molecule has 4 heteroatoms. The number of nitrogens with two attached hydrogens (primary N) is 1. The molecule has 1 fully saturated rings. The van der Waals surface area contributed by atoms with Gasteiger partial charge in [-0.25, -0.2) is 4.98 Å². The van der Waals surface area contributed by atoms with Gasteiger partial charge in [-0.05, 0) is 5.56 Å². The minimum Gasteiger partial charge on any atom is -0.326 e. The zero-order chi connectivity index (χ0) is 14.8. The lowest BCUT2D eigenvalue weighted by Crippen LogP contribution is -2.28. The van der Waals surface area contributed by atoms with Gasteiger partial charge in [0.15, 0.2) is 0 Å². The Hall–Kier alpha value is -1.23. The minimum atomic E-state index is 0.227. The van der Waals surface area contributed by atoms with Crippen molar-refractivity contribution in [1.82, 2.24) is 9.88 Å². The van der Waals surface area contributed by atoms with Gasteiger partial charge in [-0.15, -0.1) is 11.3 Å². The van der Waals surface area contributed by atoms with Gasteiger partial charge in [-0.2, -0.15) is 0 Å². The predicted octanol–water partition coefficient (Wildman–Crippen LogP) is 3.19. The van der Waals surface area contributed by atoms with E-state index in [1.165, 1.54) is 15.4 Å². The van der Waals surface area contributed by atoms with Crippen LogP contribution < -0.4 is 5.73 Å². The second-order valence-corrected chi connectivity index (χ2v) is 7.34. The molecule has 21 heavy (non-hydrogen) atoms. The van der Waals surface area contributed by atoms with E-state index in [1.54, 1.807) is 0 Å². The van der Waals surface area contributed by atoms with E-state index in [0.29, 0.717) is 11.8 Å². The molecule has 2 aromatic rings. The summed E-state index contributed by atoms with van der Waals surface area (Å²) >= 11 is 1.83. The summed E-state index contributed by atoms with van der Waals surface area (Å²) in [5, 5.41) is 1.23. The average molecular weight is 301 g/mol. The molecule has 0 bridgehead atoms. The Bertz CT molecular complexity index is 579. The molecule has 112 valence electrons. The zero-order valence-electron chi connectivity index (χ0n) is 12.7. The summed E-state index contributed by atoms with van der Waals surface area (Å²) in [5.74, 6) is 0.963. The van der Waals surface area contributed by atoms with Crippen molar-refractivity contribution in [3.05, 3.63) is 52.0 Å². The maximum atomic E-state index is 6.35. The normalized spacial score (nSPS) is 23.0. The first-order chi connectivity index (χ1) is 10.1. The second kappa shape index (κ2) is 6.26. The lowest BCUT2D eigenvalue weighted by molar-refractivity contribution is 0.326. The molecule has 1 saturated heterocycles. The third-order valence-electron chi connectivity index (χ3n) is 4.11. The fourth-order valence-corrected chi connectivity index (χ4v) is 3.94. The summed E-state index contributed by atoms with van der Waals surface area (Å²) in [7, 11) is 0. The van der Waals surface area contributed by atoms with E-state index in [2.05, 4.69) is 54.1 Å². The highest BCUT2D eigenvalue weighted by atomic mass is 32.1. The third-order valence-corrected chi connectivity index (χ3v) is 5.40. The first kappa shape index (κ1) is 14.7. The van der Waals surface area contributed by atoms with Crippen LogP contribution in [0, 0.1) is 0 Å². The number of likely N-dealkylation sites (tertiary alicyclic amines) is 1. The Morgan fingerprint density at radius 2 is 2.05 bits per heavy atom. The fraction of sp³-hybridized carbons (Fsp3) is 0.471. The van der Waals surface area contributed by atoms with Crippen molar-refractivity contribution in [1.29, 1.82) is 0 Å². The van der Waals surface area contributed by atoms with E-state index in [9.17, 15) is 0 Å². The van der Waals surface area contributed by atoms with Gasteiger partial charge in [0.2, 0.25) is 0 Å². The van der Waals surface area contributed by atoms with Gasteiger partial charge in [-0.1, -0.05) is 44.2 Å². The average Bonchev–Trinajstić information content (AvgIpc) is 3.07. The van der Waals surface area contributed by atoms with Crippen molar-refractivity contribution >= 4 is 11.3 Å². The van der Waals surface area contributed by atoms with E-state index in [4.69, 9.17) is 5.73 Å². The monoisotopic (exact) mass is 301 g/mol. The summed E-state index contributed by atoms with van der Waals surface area (Å²) in [6, 6.07) is 10.9. The van der Waals surface area contributed by atoms with Crippen LogP contribution in [0.5, 0.6) is 0 Å². The lowest BCUT2D eigenvalue weighted by atomic mass is 9.95. The Labute approximate surface area is 130 Å². The molecule has 3 nitrogen and oxygen atoms in total. The SMILES string of the molecule is CC(C)c1ncc(CN2C[C@@H](N)[C@H](c3ccccc3)C2)s1. The first-order valence-corrected chi connectivity index (χ1v) is 8.42. The summed E-state index contributed by atoms with van der Waals surface area (Å²) in [5.41, 5.74) is 7.72. The van der Waals surface area contributed by atoms with Crippen molar-refractivity contribution < 1.29 is 0 Å². The summed E-state index contributed by atoms with van der Waals surface area (Å²) < 4.78 is 0. The highest BCUT2D eigenvalue weighted by molar-refractivity contribution is 7.11. The number of hydrogen-bond donors (Lipinski definition) is 1. The number of rotatable bonds is 4. The molecule has 1 aromatic carbocycles. The highest BCUT2D eigenvalue weighted by Gasteiger charge is 2.31. The Morgan fingerprint density at radius 3 is 2.71 bits per heavy atom. The molecule has 2 atom stereocenters. The molecule has 0 saturated carbocycles. The van der Waals surface area contributed by atoms with Crippen LogP contribution in [-0.2, 0) is 6.54 Å². The largest absolute Gasteiger partial charge is 0.326 e. The highest BCUT2D eigenvalue weighted by Crippen LogP contribution is 2.29. The lowest BCUT2D eigenvalue weighted by Gasteiger charge is -2.15. The van der Waals surface area contributed by atoms with Gasteiger partial charge >= 0.3 is 0 Å². The Kier molecular flexibility index (Phi) is 4.38. The van der Waals surface area contributed by atoms with Crippen LogP contribution in [0.4, 0.5) is 0 Å². The maximum Gasteiger partial charge on any atom is 0.0953 e. The van der Waals surface area contributed by atoms with E-state index in [1.807, 2.05) is 17.5 Å². The number of thiazole rings is 1. The van der Waals surface area contributed by atoms with Crippen LogP contribution in [0.2, 0.25) is 0 Å². The fourth-order valence-electron chi connectivity index (χ4n) is 2.98. The van der Waals surface area contributed by atoms with E-state index >= 15 is 0 Å². The zero-order valence-corrected chi connectivity index (χ0v) is 13.5. The molecule has 1 aromatic heterocycles. The van der Waals surface area contributed by atoms with Crippen molar-refractivity contribution in [3.8, 4) is 0 Å². The van der Waals surface area contributed by atoms with Gasteiger partial charge in [-0.3, -0.25) is 4.90 Å². The third kappa shape index (κ3) is 3.34. The molecule has 1 aliphatic rings. The van der Waals surface area contributed by atoms with Crippen molar-refractivity contribution in [2.24, 2.45) is 5.73 Å². The molecule has 3 rings (SSSR count). The molecule has 0 spiro atoms. The predicted molar refractivity (Wildman–Crippen MR) is 88.6 cm³/mol. The molecule has 2 N–H and O–H groups in total. The Morgan fingerprint density at radius 1 is 1.29 bits per heavy atom. The molecule has 0 amide bonds. The maximum absolute atomic E-state index is 6.35. The first-order valence-electron chi connectivity index (χ1n) is 7.61. The molecule has 0 unspecified atom stereocenters. The van der Waals surface area contributed by atoms with Crippen LogP contribution in [0.3, 0.4) is 0 Å². The van der Waals surface area contributed by atoms with Crippen LogP contribution in [-0.4, -0.2) is 29.0 Å². The van der Waals surface area contributed by atoms with Crippen LogP contribution >= 0.6 is 11.3 Å². The molecule has 0 radical (unpaired) electrons. The minimum absolute atomic E-state index is 0.227. The number of benzene rings is 1. The molecule has 2 heterocycles. The summed E-state index contributed by atoms with van der Waals surface area (Å²) in [4.78, 5) is 8.32. The van der Waals surface area contributed by atoms with Gasteiger partial charge in [0.1, 0.15) is 0 Å². The topological polar surface area (TPSA) is 42.2 Å². The summed E-state index contributed by atoms with van der Waals surface area (Å²) in [6.07, 6.45) is 2.03. The smallest absolute Gasteiger partial charge is 0.0953 e. The van der Waals surface area contributed by atoms with E-state index in [0.717, 1.165) is 19.6 Å². The van der Waals surface area contributed by atoms with Crippen molar-refractivity contribution in [2.75, 3.05) is 13.1 Å². The van der Waals surface area contributed by atoms with Crippen LogP contribution in [0.15, 0.2) is 36.5 Å². The number of hydrogen-bond acceptors (Lipinski definition) is 4. The molecular weight excluding hydrogens is 278 g/mol. The molecule has 1 aliphatic heterocycles. The van der Waals surface area contributed by atoms with Crippen LogP contribution in [0.25, 0.3) is 0 Å². The van der Waals surface area contributed by atoms with Gasteiger partial charge < -0.3 is 5.73 Å².